The smallest absolute Gasteiger partial charge is 0.136 e. The number of aryl methyl sites for hydroxylation is 1. The minimum Gasteiger partial charge on any atom is -0.362 e. The standard InChI is InChI=1S/C16H17BrN2/c1-12-4-6-13(7-5-12)16(19(2)3)18-15-10-8-14(17)9-11-15/h4-11H,1-3H3. The van der Waals surface area contributed by atoms with Crippen LogP contribution in [0.1, 0.15) is 11.1 Å². The third-order valence-corrected chi connectivity index (χ3v) is 3.32. The molecule has 0 amide bonds. The van der Waals surface area contributed by atoms with Crippen LogP contribution in [0.5, 0.6) is 0 Å². The molecule has 2 aromatic carbocycles. The van der Waals surface area contributed by atoms with Crippen LogP contribution in [0, 0.1) is 6.92 Å². The summed E-state index contributed by atoms with van der Waals surface area (Å²) in [5.41, 5.74) is 3.33. The van der Waals surface area contributed by atoms with Crippen LogP contribution in [0.15, 0.2) is 58.0 Å². The van der Waals surface area contributed by atoms with E-state index in [1.807, 2.05) is 43.3 Å². The van der Waals surface area contributed by atoms with Crippen LogP contribution in [0.4, 0.5) is 5.69 Å². The molecule has 0 heterocycles. The zero-order valence-electron chi connectivity index (χ0n) is 11.4. The van der Waals surface area contributed by atoms with Gasteiger partial charge in [-0.1, -0.05) is 45.8 Å². The molecule has 0 N–H and O–H groups in total. The molecule has 2 nitrogen and oxygen atoms in total. The minimum absolute atomic E-state index is 0.951. The molecule has 0 aliphatic carbocycles. The van der Waals surface area contributed by atoms with Crippen LogP contribution in [-0.4, -0.2) is 24.8 Å². The van der Waals surface area contributed by atoms with Gasteiger partial charge in [0.2, 0.25) is 0 Å². The Morgan fingerprint density at radius 2 is 1.53 bits per heavy atom. The van der Waals surface area contributed by atoms with E-state index in [1.165, 1.54) is 5.56 Å². The summed E-state index contributed by atoms with van der Waals surface area (Å²) in [4.78, 5) is 6.76. The molecule has 0 saturated carbocycles. The lowest BCUT2D eigenvalue weighted by molar-refractivity contribution is 0.624. The van der Waals surface area contributed by atoms with Crippen molar-refractivity contribution < 1.29 is 0 Å². The first-order chi connectivity index (χ1) is 9.06. The Hall–Kier alpha value is -1.61. The molecule has 0 bridgehead atoms. The van der Waals surface area contributed by atoms with E-state index in [1.54, 1.807) is 0 Å². The summed E-state index contributed by atoms with van der Waals surface area (Å²) in [7, 11) is 4.02. The van der Waals surface area contributed by atoms with Gasteiger partial charge in [-0.25, -0.2) is 4.99 Å². The second kappa shape index (κ2) is 6.02. The van der Waals surface area contributed by atoms with Crippen LogP contribution < -0.4 is 0 Å². The Bertz CT molecular complexity index is 569. The van der Waals surface area contributed by atoms with Crippen LogP contribution in [0.2, 0.25) is 0 Å². The highest BCUT2D eigenvalue weighted by Crippen LogP contribution is 2.19. The third-order valence-electron chi connectivity index (χ3n) is 2.79. The topological polar surface area (TPSA) is 15.6 Å². The number of aliphatic imine (C=N–C) groups is 1. The molecule has 2 rings (SSSR count). The lowest BCUT2D eigenvalue weighted by Crippen LogP contribution is -2.22. The lowest BCUT2D eigenvalue weighted by atomic mass is 10.1. The predicted molar refractivity (Wildman–Crippen MR) is 85.2 cm³/mol. The summed E-state index contributed by atoms with van der Waals surface area (Å²) >= 11 is 3.43. The molecule has 0 saturated heterocycles. The highest BCUT2D eigenvalue weighted by molar-refractivity contribution is 9.10. The number of halogens is 1. The van der Waals surface area contributed by atoms with Gasteiger partial charge in [-0.05, 0) is 31.2 Å². The van der Waals surface area contributed by atoms with Crippen molar-refractivity contribution in [2.75, 3.05) is 14.1 Å². The molecule has 0 fully saturated rings. The van der Waals surface area contributed by atoms with E-state index >= 15 is 0 Å². The van der Waals surface area contributed by atoms with Gasteiger partial charge in [0, 0.05) is 24.1 Å². The number of hydrogen-bond donors (Lipinski definition) is 0. The average Bonchev–Trinajstić information content (AvgIpc) is 2.39. The van der Waals surface area contributed by atoms with Crippen molar-refractivity contribution >= 4 is 27.5 Å². The average molecular weight is 317 g/mol. The Labute approximate surface area is 122 Å². The molecular weight excluding hydrogens is 300 g/mol. The Balaban J connectivity index is 2.40. The molecular formula is C16H17BrN2. The molecule has 3 heteroatoms. The second-order valence-electron chi connectivity index (χ2n) is 4.67. The zero-order chi connectivity index (χ0) is 13.8. The van der Waals surface area contributed by atoms with E-state index in [4.69, 9.17) is 4.99 Å². The molecule has 0 radical (unpaired) electrons. The van der Waals surface area contributed by atoms with E-state index in [0.717, 1.165) is 21.6 Å². The highest BCUT2D eigenvalue weighted by Gasteiger charge is 2.06. The molecule has 0 spiro atoms. The van der Waals surface area contributed by atoms with Crippen molar-refractivity contribution in [3.63, 3.8) is 0 Å². The second-order valence-corrected chi connectivity index (χ2v) is 5.59. The molecule has 0 unspecified atom stereocenters. The molecule has 19 heavy (non-hydrogen) atoms. The van der Waals surface area contributed by atoms with E-state index < -0.39 is 0 Å². The number of hydrogen-bond acceptors (Lipinski definition) is 1. The van der Waals surface area contributed by atoms with Gasteiger partial charge in [0.25, 0.3) is 0 Å². The Morgan fingerprint density at radius 1 is 0.947 bits per heavy atom. The maximum absolute atomic E-state index is 4.72. The van der Waals surface area contributed by atoms with Crippen LogP contribution in [0.3, 0.4) is 0 Å². The fourth-order valence-corrected chi connectivity index (χ4v) is 2.03. The number of nitrogens with zero attached hydrogens (tertiary/aromatic N) is 2. The van der Waals surface area contributed by atoms with Gasteiger partial charge in [0.1, 0.15) is 5.84 Å². The fourth-order valence-electron chi connectivity index (χ4n) is 1.76. The van der Waals surface area contributed by atoms with Gasteiger partial charge >= 0.3 is 0 Å². The maximum atomic E-state index is 4.72. The van der Waals surface area contributed by atoms with Gasteiger partial charge in [-0.3, -0.25) is 0 Å². The Morgan fingerprint density at radius 3 is 2.05 bits per heavy atom. The highest BCUT2D eigenvalue weighted by atomic mass is 79.9. The Kier molecular flexibility index (Phi) is 4.38. The molecule has 0 aliphatic rings. The number of amidine groups is 1. The largest absolute Gasteiger partial charge is 0.362 e. The SMILES string of the molecule is Cc1ccc(C(=Nc2ccc(Br)cc2)N(C)C)cc1. The lowest BCUT2D eigenvalue weighted by Gasteiger charge is -2.16. The molecule has 2 aromatic rings. The van der Waals surface area contributed by atoms with Crippen molar-refractivity contribution in [3.05, 3.63) is 64.1 Å². The van der Waals surface area contributed by atoms with Gasteiger partial charge in [-0.15, -0.1) is 0 Å². The van der Waals surface area contributed by atoms with Crippen LogP contribution >= 0.6 is 15.9 Å². The minimum atomic E-state index is 0.951. The molecule has 0 aliphatic heterocycles. The van der Waals surface area contributed by atoms with Crippen molar-refractivity contribution in [2.24, 2.45) is 4.99 Å². The zero-order valence-corrected chi connectivity index (χ0v) is 13.0. The van der Waals surface area contributed by atoms with E-state index in [0.29, 0.717) is 0 Å². The van der Waals surface area contributed by atoms with E-state index in [-0.39, 0.29) is 0 Å². The van der Waals surface area contributed by atoms with Crippen LogP contribution in [0.25, 0.3) is 0 Å². The molecule has 98 valence electrons. The first kappa shape index (κ1) is 13.8. The third kappa shape index (κ3) is 3.67. The summed E-state index contributed by atoms with van der Waals surface area (Å²) < 4.78 is 1.06. The first-order valence-electron chi connectivity index (χ1n) is 6.15. The van der Waals surface area contributed by atoms with Crippen molar-refractivity contribution in [3.8, 4) is 0 Å². The molecule has 0 aromatic heterocycles. The van der Waals surface area contributed by atoms with Crippen molar-refractivity contribution in [1.29, 1.82) is 0 Å². The normalized spacial score (nSPS) is 11.5. The van der Waals surface area contributed by atoms with Gasteiger partial charge in [-0.2, -0.15) is 0 Å². The van der Waals surface area contributed by atoms with Gasteiger partial charge in [0.15, 0.2) is 0 Å². The maximum Gasteiger partial charge on any atom is 0.136 e. The number of benzene rings is 2. The summed E-state index contributed by atoms with van der Waals surface area (Å²) in [6, 6.07) is 16.4. The number of rotatable bonds is 2. The summed E-state index contributed by atoms with van der Waals surface area (Å²) in [5.74, 6) is 0.960. The summed E-state index contributed by atoms with van der Waals surface area (Å²) in [5, 5.41) is 0. The van der Waals surface area contributed by atoms with Crippen molar-refractivity contribution in [1.82, 2.24) is 4.90 Å². The molecule has 0 atom stereocenters. The quantitative estimate of drug-likeness (QED) is 0.592. The van der Waals surface area contributed by atoms with Gasteiger partial charge in [0.05, 0.1) is 5.69 Å². The van der Waals surface area contributed by atoms with Crippen LogP contribution in [-0.2, 0) is 0 Å². The van der Waals surface area contributed by atoms with Crippen molar-refractivity contribution in [2.45, 2.75) is 6.92 Å². The monoisotopic (exact) mass is 316 g/mol. The van der Waals surface area contributed by atoms with E-state index in [2.05, 4.69) is 47.1 Å². The summed E-state index contributed by atoms with van der Waals surface area (Å²) in [6.45, 7) is 2.09. The first-order valence-corrected chi connectivity index (χ1v) is 6.94. The van der Waals surface area contributed by atoms with Gasteiger partial charge < -0.3 is 4.90 Å². The fraction of sp³-hybridized carbons (Fsp3) is 0.188. The summed E-state index contributed by atoms with van der Waals surface area (Å²) in [6.07, 6.45) is 0. The van der Waals surface area contributed by atoms with E-state index in [9.17, 15) is 0 Å². The predicted octanol–water partition coefficient (Wildman–Crippen LogP) is 4.40.